The van der Waals surface area contributed by atoms with Crippen molar-refractivity contribution in [2.75, 3.05) is 5.32 Å². The Morgan fingerprint density at radius 2 is 1.77 bits per heavy atom. The van der Waals surface area contributed by atoms with E-state index in [2.05, 4.69) is 15.6 Å². The zero-order valence-electron chi connectivity index (χ0n) is 13.9. The van der Waals surface area contributed by atoms with Crippen LogP contribution in [0.4, 0.5) is 10.2 Å². The van der Waals surface area contributed by atoms with Crippen LogP contribution in [-0.4, -0.2) is 10.9 Å². The molecule has 1 amide bonds. The average Bonchev–Trinajstić information content (AvgIpc) is 2.67. The lowest BCUT2D eigenvalue weighted by molar-refractivity contribution is 0.0950. The number of benzene rings is 2. The first-order valence-corrected chi connectivity index (χ1v) is 8.45. The molecule has 1 heterocycles. The van der Waals surface area contributed by atoms with Gasteiger partial charge in [0.25, 0.3) is 5.91 Å². The number of nitrogens with one attached hydrogen (secondary N) is 2. The molecule has 0 saturated heterocycles. The van der Waals surface area contributed by atoms with Gasteiger partial charge in [0.1, 0.15) is 11.6 Å². The molecule has 0 fully saturated rings. The van der Waals surface area contributed by atoms with E-state index >= 15 is 0 Å². The van der Waals surface area contributed by atoms with Crippen LogP contribution in [0.1, 0.15) is 21.5 Å². The molecule has 0 unspecified atom stereocenters. The first-order valence-electron chi connectivity index (χ1n) is 8.08. The van der Waals surface area contributed by atoms with Crippen LogP contribution in [0, 0.1) is 5.82 Å². The second-order valence-electron chi connectivity index (χ2n) is 5.69. The summed E-state index contributed by atoms with van der Waals surface area (Å²) in [5.74, 6) is 0.0169. The third-order valence-corrected chi connectivity index (χ3v) is 4.06. The molecule has 3 rings (SSSR count). The third kappa shape index (κ3) is 4.80. The quantitative estimate of drug-likeness (QED) is 0.676. The zero-order valence-corrected chi connectivity index (χ0v) is 14.6. The number of amides is 1. The molecule has 132 valence electrons. The molecule has 2 N–H and O–H groups in total. The molecule has 3 aromatic rings. The van der Waals surface area contributed by atoms with Gasteiger partial charge in [0.05, 0.1) is 5.56 Å². The van der Waals surface area contributed by atoms with Gasteiger partial charge in [-0.15, -0.1) is 0 Å². The number of carbonyl (C=O) groups is 1. The molecule has 4 nitrogen and oxygen atoms in total. The van der Waals surface area contributed by atoms with E-state index in [9.17, 15) is 9.18 Å². The largest absolute Gasteiger partial charge is 0.366 e. The molecule has 6 heteroatoms. The van der Waals surface area contributed by atoms with Crippen molar-refractivity contribution in [3.8, 4) is 0 Å². The van der Waals surface area contributed by atoms with Crippen molar-refractivity contribution >= 4 is 23.3 Å². The second-order valence-corrected chi connectivity index (χ2v) is 6.12. The Balaban J connectivity index is 1.54. The Bertz CT molecular complexity index is 882. The number of halogens is 2. The average molecular weight is 370 g/mol. The Labute approximate surface area is 156 Å². The van der Waals surface area contributed by atoms with Crippen molar-refractivity contribution in [2.45, 2.75) is 13.1 Å². The van der Waals surface area contributed by atoms with Crippen molar-refractivity contribution in [1.82, 2.24) is 10.3 Å². The second kappa shape index (κ2) is 8.45. The predicted octanol–water partition coefficient (Wildman–Crippen LogP) is 4.42. The lowest BCUT2D eigenvalue weighted by atomic mass is 10.2. The highest BCUT2D eigenvalue weighted by atomic mass is 35.5. The van der Waals surface area contributed by atoms with Crippen LogP contribution in [-0.2, 0) is 13.1 Å². The summed E-state index contributed by atoms with van der Waals surface area (Å²) in [5.41, 5.74) is 1.93. The van der Waals surface area contributed by atoms with Gasteiger partial charge in [0, 0.05) is 29.9 Å². The molecule has 0 aliphatic heterocycles. The molecular weight excluding hydrogens is 353 g/mol. The van der Waals surface area contributed by atoms with Gasteiger partial charge in [-0.2, -0.15) is 0 Å². The van der Waals surface area contributed by atoms with Crippen LogP contribution >= 0.6 is 11.6 Å². The molecule has 0 bridgehead atoms. The smallest absolute Gasteiger partial charge is 0.253 e. The predicted molar refractivity (Wildman–Crippen MR) is 101 cm³/mol. The van der Waals surface area contributed by atoms with E-state index in [-0.39, 0.29) is 18.3 Å². The number of rotatable bonds is 6. The van der Waals surface area contributed by atoms with Crippen LogP contribution in [0.25, 0.3) is 0 Å². The molecule has 0 saturated carbocycles. The highest BCUT2D eigenvalue weighted by Gasteiger charge is 2.08. The summed E-state index contributed by atoms with van der Waals surface area (Å²) < 4.78 is 13.6. The molecule has 0 atom stereocenters. The van der Waals surface area contributed by atoms with E-state index in [4.69, 9.17) is 11.6 Å². The van der Waals surface area contributed by atoms with Gasteiger partial charge in [-0.3, -0.25) is 4.79 Å². The molecule has 0 aliphatic carbocycles. The van der Waals surface area contributed by atoms with E-state index < -0.39 is 0 Å². The normalized spacial score (nSPS) is 10.4. The fourth-order valence-corrected chi connectivity index (χ4v) is 2.47. The fourth-order valence-electron chi connectivity index (χ4n) is 2.35. The topological polar surface area (TPSA) is 54.0 Å². The van der Waals surface area contributed by atoms with E-state index in [1.54, 1.807) is 30.3 Å². The van der Waals surface area contributed by atoms with Crippen molar-refractivity contribution in [3.63, 3.8) is 0 Å². The van der Waals surface area contributed by atoms with Crippen molar-refractivity contribution < 1.29 is 9.18 Å². The van der Waals surface area contributed by atoms with Gasteiger partial charge in [-0.25, -0.2) is 9.37 Å². The Morgan fingerprint density at radius 1 is 1.00 bits per heavy atom. The van der Waals surface area contributed by atoms with Crippen LogP contribution in [0.3, 0.4) is 0 Å². The van der Waals surface area contributed by atoms with Crippen molar-refractivity contribution in [1.29, 1.82) is 0 Å². The molecule has 1 aromatic heterocycles. The van der Waals surface area contributed by atoms with Crippen molar-refractivity contribution in [2.24, 2.45) is 0 Å². The summed E-state index contributed by atoms with van der Waals surface area (Å²) in [6, 6.07) is 17.3. The maximum absolute atomic E-state index is 13.6. The molecule has 26 heavy (non-hydrogen) atoms. The number of nitrogens with zero attached hydrogens (tertiary/aromatic N) is 1. The Kier molecular flexibility index (Phi) is 5.81. The Hall–Kier alpha value is -2.92. The summed E-state index contributed by atoms with van der Waals surface area (Å²) in [6.07, 6.45) is 1.49. The number of pyridine rings is 1. The van der Waals surface area contributed by atoms with Gasteiger partial charge in [0.15, 0.2) is 0 Å². The van der Waals surface area contributed by atoms with Crippen LogP contribution in [0.5, 0.6) is 0 Å². The maximum atomic E-state index is 13.6. The van der Waals surface area contributed by atoms with E-state index in [0.29, 0.717) is 28.5 Å². The molecule has 2 aromatic carbocycles. The Morgan fingerprint density at radius 3 is 2.46 bits per heavy atom. The van der Waals surface area contributed by atoms with Gasteiger partial charge in [-0.05, 0) is 35.9 Å². The summed E-state index contributed by atoms with van der Waals surface area (Å²) in [5, 5.41) is 6.56. The van der Waals surface area contributed by atoms with Crippen molar-refractivity contribution in [3.05, 3.63) is 94.4 Å². The lowest BCUT2D eigenvalue weighted by Gasteiger charge is -2.08. The number of carbonyl (C=O) groups excluding carboxylic acids is 1. The van der Waals surface area contributed by atoms with E-state index in [0.717, 1.165) is 5.56 Å². The minimum Gasteiger partial charge on any atom is -0.366 e. The maximum Gasteiger partial charge on any atom is 0.253 e. The lowest BCUT2D eigenvalue weighted by Crippen LogP contribution is -2.23. The highest BCUT2D eigenvalue weighted by Crippen LogP contribution is 2.12. The van der Waals surface area contributed by atoms with Gasteiger partial charge in [-0.1, -0.05) is 41.9 Å². The SMILES string of the molecule is O=C(NCc1ccccc1F)c1ccc(NCc2ccc(Cl)cc2)nc1. The molecular formula is C20H17ClFN3O. The molecule has 0 spiro atoms. The van der Waals surface area contributed by atoms with Gasteiger partial charge < -0.3 is 10.6 Å². The minimum atomic E-state index is -0.340. The summed E-state index contributed by atoms with van der Waals surface area (Å²) in [7, 11) is 0. The molecule has 0 aliphatic rings. The van der Waals surface area contributed by atoms with Crippen LogP contribution in [0.15, 0.2) is 66.9 Å². The first kappa shape index (κ1) is 17.9. The first-order chi connectivity index (χ1) is 12.6. The highest BCUT2D eigenvalue weighted by molar-refractivity contribution is 6.30. The molecule has 0 radical (unpaired) electrons. The number of aromatic nitrogens is 1. The van der Waals surface area contributed by atoms with Gasteiger partial charge in [0.2, 0.25) is 0 Å². The zero-order chi connectivity index (χ0) is 18.4. The number of anilines is 1. The van der Waals surface area contributed by atoms with Crippen LogP contribution < -0.4 is 10.6 Å². The standard InChI is InChI=1S/C20H17ClFN3O/c21-17-8-5-14(6-9-17)11-23-19-10-7-16(13-24-19)20(26)25-12-15-3-1-2-4-18(15)22/h1-10,13H,11-12H2,(H,23,24)(H,25,26). The summed E-state index contributed by atoms with van der Waals surface area (Å²) in [6.45, 7) is 0.727. The fraction of sp³-hybridized carbons (Fsp3) is 0.100. The number of hydrogen-bond acceptors (Lipinski definition) is 3. The summed E-state index contributed by atoms with van der Waals surface area (Å²) >= 11 is 5.86. The third-order valence-electron chi connectivity index (χ3n) is 3.81. The van der Waals surface area contributed by atoms with E-state index in [1.807, 2.05) is 24.3 Å². The van der Waals surface area contributed by atoms with Crippen LogP contribution in [0.2, 0.25) is 5.02 Å². The minimum absolute atomic E-state index is 0.127. The summed E-state index contributed by atoms with van der Waals surface area (Å²) in [4.78, 5) is 16.4. The van der Waals surface area contributed by atoms with Gasteiger partial charge >= 0.3 is 0 Å². The van der Waals surface area contributed by atoms with E-state index in [1.165, 1.54) is 12.3 Å². The number of hydrogen-bond donors (Lipinski definition) is 2. The monoisotopic (exact) mass is 369 g/mol.